The van der Waals surface area contributed by atoms with Crippen LogP contribution in [0.25, 0.3) is 0 Å². The fourth-order valence-electron chi connectivity index (χ4n) is 1.43. The molecule has 0 amide bonds. The Balaban J connectivity index is 1.85. The molecule has 1 aromatic rings. The number of ether oxygens (including phenoxy) is 2. The average molecular weight is 194 g/mol. The van der Waals surface area contributed by atoms with Crippen LogP contribution in [0.2, 0.25) is 0 Å². The second-order valence-corrected chi connectivity index (χ2v) is 3.44. The summed E-state index contributed by atoms with van der Waals surface area (Å²) in [5, 5.41) is 0. The SMILES string of the molecule is Nc1cccc(OCC2CCOC2)n1. The molecule has 1 aliphatic rings. The highest BCUT2D eigenvalue weighted by Gasteiger charge is 2.16. The molecule has 1 aliphatic heterocycles. The minimum atomic E-state index is 0.491. The van der Waals surface area contributed by atoms with Gasteiger partial charge in [0.25, 0.3) is 0 Å². The quantitative estimate of drug-likeness (QED) is 0.782. The van der Waals surface area contributed by atoms with Gasteiger partial charge in [0.15, 0.2) is 0 Å². The predicted octanol–water partition coefficient (Wildman–Crippen LogP) is 1.08. The van der Waals surface area contributed by atoms with E-state index < -0.39 is 0 Å². The van der Waals surface area contributed by atoms with Gasteiger partial charge in [-0.05, 0) is 12.5 Å². The minimum Gasteiger partial charge on any atom is -0.477 e. The van der Waals surface area contributed by atoms with E-state index in [0.29, 0.717) is 24.2 Å². The maximum atomic E-state index is 5.53. The van der Waals surface area contributed by atoms with Gasteiger partial charge < -0.3 is 15.2 Å². The van der Waals surface area contributed by atoms with Crippen molar-refractivity contribution in [2.24, 2.45) is 5.92 Å². The fraction of sp³-hybridized carbons (Fsp3) is 0.500. The summed E-state index contributed by atoms with van der Waals surface area (Å²) in [6.45, 7) is 2.30. The Hall–Kier alpha value is -1.29. The van der Waals surface area contributed by atoms with Crippen LogP contribution in [0.5, 0.6) is 5.88 Å². The molecule has 0 bridgehead atoms. The van der Waals surface area contributed by atoms with Crippen molar-refractivity contribution in [3.05, 3.63) is 18.2 Å². The van der Waals surface area contributed by atoms with E-state index in [-0.39, 0.29) is 0 Å². The summed E-state index contributed by atoms with van der Waals surface area (Å²) in [7, 11) is 0. The number of hydrogen-bond donors (Lipinski definition) is 1. The van der Waals surface area contributed by atoms with Crippen LogP contribution in [0.15, 0.2) is 18.2 Å². The summed E-state index contributed by atoms with van der Waals surface area (Å²) >= 11 is 0. The lowest BCUT2D eigenvalue weighted by Crippen LogP contribution is -2.12. The van der Waals surface area contributed by atoms with E-state index in [4.69, 9.17) is 15.2 Å². The van der Waals surface area contributed by atoms with Gasteiger partial charge in [-0.15, -0.1) is 0 Å². The van der Waals surface area contributed by atoms with Crippen LogP contribution in [-0.4, -0.2) is 24.8 Å². The van der Waals surface area contributed by atoms with Crippen molar-refractivity contribution in [3.8, 4) is 5.88 Å². The van der Waals surface area contributed by atoms with Crippen LogP contribution in [0.3, 0.4) is 0 Å². The van der Waals surface area contributed by atoms with Gasteiger partial charge in [-0.2, -0.15) is 4.98 Å². The first-order valence-electron chi connectivity index (χ1n) is 4.77. The zero-order chi connectivity index (χ0) is 9.80. The maximum absolute atomic E-state index is 5.53. The summed E-state index contributed by atoms with van der Waals surface area (Å²) in [6.07, 6.45) is 1.07. The maximum Gasteiger partial charge on any atom is 0.215 e. The molecule has 4 heteroatoms. The van der Waals surface area contributed by atoms with Crippen molar-refractivity contribution in [3.63, 3.8) is 0 Å². The number of rotatable bonds is 3. The fourth-order valence-corrected chi connectivity index (χ4v) is 1.43. The zero-order valence-electron chi connectivity index (χ0n) is 7.98. The highest BCUT2D eigenvalue weighted by molar-refractivity contribution is 5.31. The lowest BCUT2D eigenvalue weighted by Gasteiger charge is -2.09. The second-order valence-electron chi connectivity index (χ2n) is 3.44. The lowest BCUT2D eigenvalue weighted by molar-refractivity contribution is 0.165. The number of hydrogen-bond acceptors (Lipinski definition) is 4. The van der Waals surface area contributed by atoms with Crippen LogP contribution in [-0.2, 0) is 4.74 Å². The number of aromatic nitrogens is 1. The molecule has 1 saturated heterocycles. The first-order chi connectivity index (χ1) is 6.84. The molecule has 0 saturated carbocycles. The third-order valence-electron chi connectivity index (χ3n) is 2.24. The van der Waals surface area contributed by atoms with E-state index in [1.165, 1.54) is 0 Å². The first-order valence-corrected chi connectivity index (χ1v) is 4.77. The average Bonchev–Trinajstić information content (AvgIpc) is 2.67. The molecule has 2 N–H and O–H groups in total. The highest BCUT2D eigenvalue weighted by Crippen LogP contribution is 2.15. The third-order valence-corrected chi connectivity index (χ3v) is 2.24. The Kier molecular flexibility index (Phi) is 2.84. The zero-order valence-corrected chi connectivity index (χ0v) is 7.98. The van der Waals surface area contributed by atoms with Gasteiger partial charge in [-0.25, -0.2) is 0 Å². The number of nitrogen functional groups attached to an aromatic ring is 1. The van der Waals surface area contributed by atoms with E-state index in [1.54, 1.807) is 6.07 Å². The van der Waals surface area contributed by atoms with Crippen molar-refractivity contribution >= 4 is 5.82 Å². The summed E-state index contributed by atoms with van der Waals surface area (Å²) in [4.78, 5) is 4.05. The molecule has 1 atom stereocenters. The lowest BCUT2D eigenvalue weighted by atomic mass is 10.1. The molecule has 0 radical (unpaired) electrons. The van der Waals surface area contributed by atoms with Crippen molar-refractivity contribution in [2.45, 2.75) is 6.42 Å². The summed E-state index contributed by atoms with van der Waals surface area (Å²) < 4.78 is 10.7. The molecule has 1 unspecified atom stereocenters. The summed E-state index contributed by atoms with van der Waals surface area (Å²) in [6, 6.07) is 5.39. The Bertz CT molecular complexity index is 298. The van der Waals surface area contributed by atoms with E-state index in [9.17, 15) is 0 Å². The van der Waals surface area contributed by atoms with Crippen LogP contribution >= 0.6 is 0 Å². The Labute approximate surface area is 83.0 Å². The number of nitrogens with two attached hydrogens (primary N) is 1. The number of pyridine rings is 1. The molecule has 0 aromatic carbocycles. The first kappa shape index (κ1) is 9.27. The van der Waals surface area contributed by atoms with Gasteiger partial charge in [-0.3, -0.25) is 0 Å². The molecule has 0 spiro atoms. The molecule has 1 aromatic heterocycles. The molecule has 2 heterocycles. The Morgan fingerprint density at radius 1 is 1.57 bits per heavy atom. The number of nitrogens with zero attached hydrogens (tertiary/aromatic N) is 1. The molecule has 76 valence electrons. The van der Waals surface area contributed by atoms with Gasteiger partial charge in [0.2, 0.25) is 5.88 Å². The van der Waals surface area contributed by atoms with E-state index >= 15 is 0 Å². The molecule has 4 nitrogen and oxygen atoms in total. The third kappa shape index (κ3) is 2.35. The van der Waals surface area contributed by atoms with Crippen LogP contribution in [0, 0.1) is 5.92 Å². The standard InChI is InChI=1S/C10H14N2O2/c11-9-2-1-3-10(12-9)14-7-8-4-5-13-6-8/h1-3,8H,4-7H2,(H2,11,12). The van der Waals surface area contributed by atoms with Crippen molar-refractivity contribution < 1.29 is 9.47 Å². The molecule has 2 rings (SSSR count). The van der Waals surface area contributed by atoms with Gasteiger partial charge in [0.1, 0.15) is 5.82 Å². The molecule has 0 aliphatic carbocycles. The van der Waals surface area contributed by atoms with Crippen molar-refractivity contribution in [1.82, 2.24) is 4.98 Å². The smallest absolute Gasteiger partial charge is 0.215 e. The highest BCUT2D eigenvalue weighted by atomic mass is 16.5. The van der Waals surface area contributed by atoms with Gasteiger partial charge in [0.05, 0.1) is 13.2 Å². The molecular weight excluding hydrogens is 180 g/mol. The Morgan fingerprint density at radius 3 is 3.21 bits per heavy atom. The number of anilines is 1. The van der Waals surface area contributed by atoms with Crippen molar-refractivity contribution in [1.29, 1.82) is 0 Å². The van der Waals surface area contributed by atoms with E-state index in [2.05, 4.69) is 4.98 Å². The van der Waals surface area contributed by atoms with E-state index in [1.807, 2.05) is 12.1 Å². The predicted molar refractivity (Wildman–Crippen MR) is 53.1 cm³/mol. The monoisotopic (exact) mass is 194 g/mol. The summed E-state index contributed by atoms with van der Waals surface area (Å²) in [5.41, 5.74) is 5.53. The largest absolute Gasteiger partial charge is 0.477 e. The topological polar surface area (TPSA) is 57.4 Å². The van der Waals surface area contributed by atoms with Crippen molar-refractivity contribution in [2.75, 3.05) is 25.6 Å². The molecule has 1 fully saturated rings. The van der Waals surface area contributed by atoms with Crippen LogP contribution in [0.1, 0.15) is 6.42 Å². The van der Waals surface area contributed by atoms with Gasteiger partial charge >= 0.3 is 0 Å². The summed E-state index contributed by atoms with van der Waals surface area (Å²) in [5.74, 6) is 1.58. The minimum absolute atomic E-state index is 0.491. The van der Waals surface area contributed by atoms with Crippen LogP contribution < -0.4 is 10.5 Å². The van der Waals surface area contributed by atoms with Gasteiger partial charge in [0, 0.05) is 18.6 Å². The Morgan fingerprint density at radius 2 is 2.50 bits per heavy atom. The van der Waals surface area contributed by atoms with Gasteiger partial charge in [-0.1, -0.05) is 6.07 Å². The molecule has 14 heavy (non-hydrogen) atoms. The molecular formula is C10H14N2O2. The normalized spacial score (nSPS) is 21.0. The van der Waals surface area contributed by atoms with E-state index in [0.717, 1.165) is 19.6 Å². The van der Waals surface area contributed by atoms with Crippen LogP contribution in [0.4, 0.5) is 5.82 Å². The second kappa shape index (κ2) is 4.28.